The first-order chi connectivity index (χ1) is 19.8. The zero-order valence-corrected chi connectivity index (χ0v) is 21.7. The summed E-state index contributed by atoms with van der Waals surface area (Å²) in [5.74, 6) is 0.647. The largest absolute Gasteiger partial charge is 0.436 e. The SMILES string of the molecule is c1ccc(-c2nc3c(ccc4c5ccc6ccc(N(c7ccccc7)c7ccccc7)cc6c5ccc43)o2)cc1. The van der Waals surface area contributed by atoms with Crippen molar-refractivity contribution >= 4 is 60.5 Å². The minimum atomic E-state index is 0.647. The fourth-order valence-electron chi connectivity index (χ4n) is 5.77. The van der Waals surface area contributed by atoms with Crippen molar-refractivity contribution < 1.29 is 4.42 Å². The van der Waals surface area contributed by atoms with E-state index >= 15 is 0 Å². The molecule has 8 rings (SSSR count). The third-order valence-corrected chi connectivity index (χ3v) is 7.66. The first kappa shape index (κ1) is 22.6. The van der Waals surface area contributed by atoms with E-state index in [1.54, 1.807) is 0 Å². The maximum Gasteiger partial charge on any atom is 0.227 e. The lowest BCUT2D eigenvalue weighted by atomic mass is 9.96. The lowest BCUT2D eigenvalue weighted by Crippen LogP contribution is -2.09. The van der Waals surface area contributed by atoms with Gasteiger partial charge in [0.25, 0.3) is 0 Å². The molecule has 1 aromatic heterocycles. The molecule has 0 spiro atoms. The number of fused-ring (bicyclic) bond motifs is 7. The molecule has 8 aromatic rings. The summed E-state index contributed by atoms with van der Waals surface area (Å²) in [6.07, 6.45) is 0. The molecule has 1 heterocycles. The van der Waals surface area contributed by atoms with E-state index in [9.17, 15) is 0 Å². The van der Waals surface area contributed by atoms with Gasteiger partial charge in [0, 0.05) is 28.0 Å². The molecule has 0 bridgehead atoms. The predicted octanol–water partition coefficient (Wildman–Crippen LogP) is 10.4. The van der Waals surface area contributed by atoms with Crippen LogP contribution in [0.5, 0.6) is 0 Å². The highest BCUT2D eigenvalue weighted by atomic mass is 16.3. The van der Waals surface area contributed by atoms with Crippen LogP contribution in [0.2, 0.25) is 0 Å². The van der Waals surface area contributed by atoms with Gasteiger partial charge in [-0.2, -0.15) is 0 Å². The molecule has 40 heavy (non-hydrogen) atoms. The fraction of sp³-hybridized carbons (Fsp3) is 0. The molecule has 7 aromatic carbocycles. The van der Waals surface area contributed by atoms with Crippen LogP contribution in [0.1, 0.15) is 0 Å². The molecule has 0 atom stereocenters. The van der Waals surface area contributed by atoms with Crippen molar-refractivity contribution in [3.05, 3.63) is 146 Å². The van der Waals surface area contributed by atoms with Crippen molar-refractivity contribution in [2.24, 2.45) is 0 Å². The van der Waals surface area contributed by atoms with Gasteiger partial charge in [-0.05, 0) is 87.6 Å². The lowest BCUT2D eigenvalue weighted by molar-refractivity contribution is 0.620. The Hall–Kier alpha value is -5.41. The third-order valence-electron chi connectivity index (χ3n) is 7.66. The van der Waals surface area contributed by atoms with Gasteiger partial charge in [-0.3, -0.25) is 0 Å². The second-order valence-corrected chi connectivity index (χ2v) is 10.0. The van der Waals surface area contributed by atoms with Crippen LogP contribution in [0.4, 0.5) is 17.1 Å². The third kappa shape index (κ3) is 3.63. The Balaban J connectivity index is 1.33. The first-order valence-electron chi connectivity index (χ1n) is 13.5. The molecule has 3 nitrogen and oxygen atoms in total. The lowest BCUT2D eigenvalue weighted by Gasteiger charge is -2.26. The van der Waals surface area contributed by atoms with Crippen molar-refractivity contribution in [2.75, 3.05) is 4.90 Å². The van der Waals surface area contributed by atoms with E-state index in [0.717, 1.165) is 39.1 Å². The van der Waals surface area contributed by atoms with Crippen LogP contribution >= 0.6 is 0 Å². The maximum absolute atomic E-state index is 6.15. The second kappa shape index (κ2) is 9.11. The minimum absolute atomic E-state index is 0.647. The quantitative estimate of drug-likeness (QED) is 0.220. The standard InChI is InChI=1S/C37H24N2O/c1-4-10-26(11-5-1)37-38-36-33-21-20-32-30(31(33)22-23-35(36)40-37)19-17-25-16-18-29(24-34(25)32)39(27-12-6-2-7-13-27)28-14-8-3-9-15-28/h1-24H. The molecule has 0 N–H and O–H groups in total. The predicted molar refractivity (Wildman–Crippen MR) is 167 cm³/mol. The van der Waals surface area contributed by atoms with Gasteiger partial charge in [-0.15, -0.1) is 0 Å². The van der Waals surface area contributed by atoms with Gasteiger partial charge < -0.3 is 9.32 Å². The Labute approximate surface area is 231 Å². The summed E-state index contributed by atoms with van der Waals surface area (Å²) in [7, 11) is 0. The maximum atomic E-state index is 6.15. The van der Waals surface area contributed by atoms with Gasteiger partial charge in [0.2, 0.25) is 5.89 Å². The monoisotopic (exact) mass is 512 g/mol. The highest BCUT2D eigenvalue weighted by Gasteiger charge is 2.16. The van der Waals surface area contributed by atoms with E-state index in [-0.39, 0.29) is 0 Å². The van der Waals surface area contributed by atoms with Gasteiger partial charge in [0.05, 0.1) is 0 Å². The Bertz CT molecular complexity index is 2110. The zero-order chi connectivity index (χ0) is 26.5. The molecular formula is C37H24N2O. The van der Waals surface area contributed by atoms with Crippen LogP contribution in [0.15, 0.2) is 150 Å². The molecule has 0 aliphatic heterocycles. The number of hydrogen-bond donors (Lipinski definition) is 0. The Morgan fingerprint density at radius 2 is 1.00 bits per heavy atom. The number of anilines is 3. The molecule has 0 fully saturated rings. The van der Waals surface area contributed by atoms with E-state index in [2.05, 4.69) is 114 Å². The molecular weight excluding hydrogens is 488 g/mol. The van der Waals surface area contributed by atoms with Gasteiger partial charge in [-0.1, -0.05) is 84.9 Å². The number of hydrogen-bond acceptors (Lipinski definition) is 3. The van der Waals surface area contributed by atoms with Crippen molar-refractivity contribution in [3.63, 3.8) is 0 Å². The summed E-state index contributed by atoms with van der Waals surface area (Å²) in [4.78, 5) is 7.22. The number of nitrogens with zero attached hydrogens (tertiary/aromatic N) is 2. The molecule has 0 aliphatic carbocycles. The van der Waals surface area contributed by atoms with Gasteiger partial charge >= 0.3 is 0 Å². The normalized spacial score (nSPS) is 11.5. The fourth-order valence-corrected chi connectivity index (χ4v) is 5.77. The van der Waals surface area contributed by atoms with Crippen molar-refractivity contribution in [1.82, 2.24) is 4.98 Å². The van der Waals surface area contributed by atoms with E-state index in [1.165, 1.54) is 26.9 Å². The van der Waals surface area contributed by atoms with Crippen LogP contribution in [0, 0.1) is 0 Å². The number of oxazole rings is 1. The number of benzene rings is 7. The van der Waals surface area contributed by atoms with Crippen molar-refractivity contribution in [3.8, 4) is 11.5 Å². The molecule has 188 valence electrons. The summed E-state index contributed by atoms with van der Waals surface area (Å²) in [6, 6.07) is 51.0. The molecule has 0 saturated carbocycles. The van der Waals surface area contributed by atoms with Crippen LogP contribution in [0.25, 0.3) is 54.9 Å². The Morgan fingerprint density at radius 3 is 1.73 bits per heavy atom. The second-order valence-electron chi connectivity index (χ2n) is 10.0. The van der Waals surface area contributed by atoms with E-state index in [1.807, 2.05) is 36.4 Å². The van der Waals surface area contributed by atoms with Crippen LogP contribution < -0.4 is 4.90 Å². The van der Waals surface area contributed by atoms with E-state index in [0.29, 0.717) is 5.89 Å². The molecule has 0 unspecified atom stereocenters. The van der Waals surface area contributed by atoms with Crippen LogP contribution in [0.3, 0.4) is 0 Å². The van der Waals surface area contributed by atoms with Crippen molar-refractivity contribution in [1.29, 1.82) is 0 Å². The first-order valence-corrected chi connectivity index (χ1v) is 13.5. The number of rotatable bonds is 4. The number of aromatic nitrogens is 1. The Morgan fingerprint density at radius 1 is 0.450 bits per heavy atom. The van der Waals surface area contributed by atoms with Gasteiger partial charge in [0.15, 0.2) is 5.58 Å². The van der Waals surface area contributed by atoms with Gasteiger partial charge in [-0.25, -0.2) is 4.98 Å². The molecule has 0 amide bonds. The summed E-state index contributed by atoms with van der Waals surface area (Å²) in [5.41, 5.74) is 6.05. The Kier molecular flexibility index (Phi) is 5.14. The van der Waals surface area contributed by atoms with Crippen molar-refractivity contribution in [2.45, 2.75) is 0 Å². The van der Waals surface area contributed by atoms with Crippen LogP contribution in [-0.2, 0) is 0 Å². The molecule has 3 heteroatoms. The summed E-state index contributed by atoms with van der Waals surface area (Å²) in [6.45, 7) is 0. The zero-order valence-electron chi connectivity index (χ0n) is 21.7. The van der Waals surface area contributed by atoms with E-state index in [4.69, 9.17) is 9.40 Å². The average molecular weight is 513 g/mol. The molecule has 0 saturated heterocycles. The molecule has 0 radical (unpaired) electrons. The summed E-state index contributed by atoms with van der Waals surface area (Å²) in [5, 5.41) is 7.14. The topological polar surface area (TPSA) is 29.3 Å². The van der Waals surface area contributed by atoms with Crippen LogP contribution in [-0.4, -0.2) is 4.98 Å². The highest BCUT2D eigenvalue weighted by Crippen LogP contribution is 2.40. The highest BCUT2D eigenvalue weighted by molar-refractivity contribution is 6.21. The minimum Gasteiger partial charge on any atom is -0.436 e. The smallest absolute Gasteiger partial charge is 0.227 e. The average Bonchev–Trinajstić information content (AvgIpc) is 3.47. The summed E-state index contributed by atoms with van der Waals surface area (Å²) < 4.78 is 6.15. The van der Waals surface area contributed by atoms with Gasteiger partial charge in [0.1, 0.15) is 5.52 Å². The summed E-state index contributed by atoms with van der Waals surface area (Å²) >= 11 is 0. The number of para-hydroxylation sites is 2. The van der Waals surface area contributed by atoms with E-state index < -0.39 is 0 Å². The molecule has 0 aliphatic rings.